The maximum Gasteiger partial charge on any atom is 0.0645 e. The van der Waals surface area contributed by atoms with Gasteiger partial charge in [0.05, 0.1) is 12.1 Å². The third-order valence-electron chi connectivity index (χ3n) is 0.285. The first-order valence-corrected chi connectivity index (χ1v) is 2.62. The summed E-state index contributed by atoms with van der Waals surface area (Å²) in [6, 6.07) is 0. The predicted molar refractivity (Wildman–Crippen MR) is 34.3 cm³/mol. The fourth-order valence-corrected chi connectivity index (χ4v) is 0.352. The zero-order valence-electron chi connectivity index (χ0n) is 3.98. The van der Waals surface area contributed by atoms with E-state index >= 15 is 0 Å². The van der Waals surface area contributed by atoms with E-state index in [9.17, 15) is 0 Å². The third-order valence-corrected chi connectivity index (χ3v) is 0.854. The number of nitrogens with one attached hydrogen (secondary N) is 2. The van der Waals surface area contributed by atoms with Gasteiger partial charge in [0, 0.05) is 12.4 Å². The number of hydrogen-bond donors (Lipinski definition) is 2. The first kappa shape index (κ1) is 6.43. The lowest BCUT2D eigenvalue weighted by molar-refractivity contribution is 1.34. The monoisotopic (exact) mass is 116 g/mol. The summed E-state index contributed by atoms with van der Waals surface area (Å²) in [7, 11) is 0. The van der Waals surface area contributed by atoms with Crippen molar-refractivity contribution in [2.45, 2.75) is 0 Å². The SMILES string of the molecule is C=CNSNC=C. The van der Waals surface area contributed by atoms with Gasteiger partial charge < -0.3 is 9.44 Å². The lowest BCUT2D eigenvalue weighted by Crippen LogP contribution is -1.99. The Morgan fingerprint density at radius 3 is 1.86 bits per heavy atom. The molecule has 0 amide bonds. The molecule has 0 aliphatic heterocycles. The second kappa shape index (κ2) is 5.43. The van der Waals surface area contributed by atoms with Crippen LogP contribution in [-0.4, -0.2) is 0 Å². The van der Waals surface area contributed by atoms with Crippen LogP contribution in [0.3, 0.4) is 0 Å². The van der Waals surface area contributed by atoms with Crippen LogP contribution in [0.1, 0.15) is 0 Å². The molecule has 0 rings (SSSR count). The van der Waals surface area contributed by atoms with Crippen molar-refractivity contribution in [1.82, 2.24) is 9.44 Å². The van der Waals surface area contributed by atoms with E-state index in [-0.39, 0.29) is 0 Å². The summed E-state index contributed by atoms with van der Waals surface area (Å²) in [6.45, 7) is 6.85. The lowest BCUT2D eigenvalue weighted by Gasteiger charge is -1.93. The van der Waals surface area contributed by atoms with Crippen LogP contribution in [0, 0.1) is 0 Å². The van der Waals surface area contributed by atoms with Gasteiger partial charge >= 0.3 is 0 Å². The highest BCUT2D eigenvalue weighted by molar-refractivity contribution is 7.95. The van der Waals surface area contributed by atoms with E-state index < -0.39 is 0 Å². The van der Waals surface area contributed by atoms with Crippen LogP contribution < -0.4 is 9.44 Å². The van der Waals surface area contributed by atoms with Gasteiger partial charge in [0.1, 0.15) is 0 Å². The van der Waals surface area contributed by atoms with E-state index in [1.807, 2.05) is 0 Å². The molecule has 7 heavy (non-hydrogen) atoms. The highest BCUT2D eigenvalue weighted by Gasteiger charge is 1.66. The van der Waals surface area contributed by atoms with Crippen LogP contribution in [0.2, 0.25) is 0 Å². The predicted octanol–water partition coefficient (Wildman–Crippen LogP) is 1.02. The van der Waals surface area contributed by atoms with E-state index in [1.165, 1.54) is 12.1 Å². The maximum atomic E-state index is 3.43. The summed E-state index contributed by atoms with van der Waals surface area (Å²) < 4.78 is 5.49. The van der Waals surface area contributed by atoms with Gasteiger partial charge in [0.25, 0.3) is 0 Å². The Kier molecular flexibility index (Phi) is 4.99. The minimum Gasteiger partial charge on any atom is -0.320 e. The largest absolute Gasteiger partial charge is 0.320 e. The van der Waals surface area contributed by atoms with Crippen molar-refractivity contribution < 1.29 is 0 Å². The molecule has 0 heterocycles. The molecule has 40 valence electrons. The van der Waals surface area contributed by atoms with Crippen LogP contribution in [-0.2, 0) is 0 Å². The fraction of sp³-hybridized carbons (Fsp3) is 0. The van der Waals surface area contributed by atoms with Gasteiger partial charge in [-0.25, -0.2) is 0 Å². The van der Waals surface area contributed by atoms with Crippen molar-refractivity contribution in [1.29, 1.82) is 0 Å². The number of hydrogen-bond acceptors (Lipinski definition) is 3. The van der Waals surface area contributed by atoms with E-state index in [4.69, 9.17) is 0 Å². The second-order valence-electron chi connectivity index (χ2n) is 0.746. The minimum atomic E-state index is 1.32. The van der Waals surface area contributed by atoms with Gasteiger partial charge in [0.2, 0.25) is 0 Å². The minimum absolute atomic E-state index is 1.32. The molecule has 0 radical (unpaired) electrons. The summed E-state index contributed by atoms with van der Waals surface area (Å²) in [4.78, 5) is 0. The van der Waals surface area contributed by atoms with Gasteiger partial charge in [0.15, 0.2) is 0 Å². The van der Waals surface area contributed by atoms with Crippen molar-refractivity contribution in [2.24, 2.45) is 0 Å². The highest BCUT2D eigenvalue weighted by Crippen LogP contribution is 1.79. The summed E-state index contributed by atoms with van der Waals surface area (Å²) in [5.41, 5.74) is 0. The Hall–Kier alpha value is -0.570. The van der Waals surface area contributed by atoms with E-state index in [0.717, 1.165) is 0 Å². The van der Waals surface area contributed by atoms with Gasteiger partial charge in [-0.2, -0.15) is 0 Å². The van der Waals surface area contributed by atoms with E-state index in [1.54, 1.807) is 12.4 Å². The Morgan fingerprint density at radius 2 is 1.57 bits per heavy atom. The summed E-state index contributed by atoms with van der Waals surface area (Å²) >= 11 is 1.32. The second-order valence-corrected chi connectivity index (χ2v) is 1.42. The molecule has 0 spiro atoms. The van der Waals surface area contributed by atoms with Gasteiger partial charge in [-0.1, -0.05) is 13.2 Å². The van der Waals surface area contributed by atoms with Crippen LogP contribution in [0.5, 0.6) is 0 Å². The standard InChI is InChI=1S/C4H8N2S/c1-3-5-7-6-4-2/h3-6H,1-2H2. The van der Waals surface area contributed by atoms with Crippen molar-refractivity contribution in [3.05, 3.63) is 25.6 Å². The van der Waals surface area contributed by atoms with Crippen LogP contribution in [0.4, 0.5) is 0 Å². The molecule has 3 heteroatoms. The first-order chi connectivity index (χ1) is 3.41. The molecule has 2 nitrogen and oxygen atoms in total. The summed E-state index contributed by atoms with van der Waals surface area (Å²) in [6.07, 6.45) is 3.17. The summed E-state index contributed by atoms with van der Waals surface area (Å²) in [5, 5.41) is 0. The van der Waals surface area contributed by atoms with E-state index in [0.29, 0.717) is 0 Å². The molecule has 0 aliphatic carbocycles. The Balaban J connectivity index is 2.68. The zero-order valence-corrected chi connectivity index (χ0v) is 4.79. The average Bonchev–Trinajstić information content (AvgIpc) is 1.69. The van der Waals surface area contributed by atoms with Crippen LogP contribution in [0.25, 0.3) is 0 Å². The van der Waals surface area contributed by atoms with Gasteiger partial charge in [-0.05, 0) is 0 Å². The molecule has 0 aromatic heterocycles. The van der Waals surface area contributed by atoms with Crippen LogP contribution >= 0.6 is 12.1 Å². The van der Waals surface area contributed by atoms with Crippen molar-refractivity contribution in [3.63, 3.8) is 0 Å². The Labute approximate surface area is 47.9 Å². The van der Waals surface area contributed by atoms with Crippen LogP contribution in [0.15, 0.2) is 25.6 Å². The topological polar surface area (TPSA) is 24.1 Å². The molecule has 0 fully saturated rings. The van der Waals surface area contributed by atoms with Crippen molar-refractivity contribution in [3.8, 4) is 0 Å². The third kappa shape index (κ3) is 5.43. The Morgan fingerprint density at radius 1 is 1.14 bits per heavy atom. The molecule has 0 bridgehead atoms. The molecule has 0 unspecified atom stereocenters. The molecular formula is C4H8N2S. The molecule has 2 N–H and O–H groups in total. The normalized spacial score (nSPS) is 6.86. The fourth-order valence-electron chi connectivity index (χ4n) is 0.117. The Bertz CT molecular complexity index is 54.7. The average molecular weight is 116 g/mol. The lowest BCUT2D eigenvalue weighted by atomic mass is 11.1. The molecular weight excluding hydrogens is 108 g/mol. The molecule has 0 saturated heterocycles. The quantitative estimate of drug-likeness (QED) is 0.423. The smallest absolute Gasteiger partial charge is 0.0645 e. The van der Waals surface area contributed by atoms with Gasteiger partial charge in [-0.3, -0.25) is 0 Å². The molecule has 0 aromatic rings. The van der Waals surface area contributed by atoms with E-state index in [2.05, 4.69) is 22.6 Å². The highest BCUT2D eigenvalue weighted by atomic mass is 32.2. The van der Waals surface area contributed by atoms with Crippen molar-refractivity contribution >= 4 is 12.1 Å². The van der Waals surface area contributed by atoms with Crippen molar-refractivity contribution in [2.75, 3.05) is 0 Å². The molecule has 0 aromatic carbocycles. The number of rotatable bonds is 4. The molecule has 0 saturated carbocycles. The maximum absolute atomic E-state index is 3.43. The summed E-state index contributed by atoms with van der Waals surface area (Å²) in [5.74, 6) is 0. The first-order valence-electron chi connectivity index (χ1n) is 1.80. The molecule has 0 atom stereocenters. The zero-order chi connectivity index (χ0) is 5.54. The molecule has 0 aliphatic rings. The van der Waals surface area contributed by atoms with Gasteiger partial charge in [-0.15, -0.1) is 0 Å².